The standard InChI is InChI=1S/C25H32N4O4S/c1-7-32-23(30)25(4,5)33-22-17(2)15-19(16-18(22)3)9-8-14-28-24(31)29(27-26-28)20-10-12-21(34-6)13-11-20/h10-13,15-16H,7-9,14H2,1-6H3. The number of carbonyl (C=O) groups is 1. The SMILES string of the molecule is CCOC(=O)C(C)(C)Oc1c(C)cc(CCCn2nnn(-c3ccc(SC)cc3)c2=O)cc1C. The second kappa shape index (κ2) is 10.9. The van der Waals surface area contributed by atoms with Crippen LogP contribution in [0.3, 0.4) is 0 Å². The number of carbonyl (C=O) groups excluding carboxylic acids is 1. The van der Waals surface area contributed by atoms with Crippen molar-refractivity contribution in [2.75, 3.05) is 12.9 Å². The first-order valence-electron chi connectivity index (χ1n) is 11.3. The molecule has 8 nitrogen and oxygen atoms in total. The molecular weight excluding hydrogens is 452 g/mol. The zero-order valence-electron chi connectivity index (χ0n) is 20.6. The highest BCUT2D eigenvalue weighted by Crippen LogP contribution is 2.29. The Morgan fingerprint density at radius 3 is 2.32 bits per heavy atom. The highest BCUT2D eigenvalue weighted by Gasteiger charge is 2.32. The summed E-state index contributed by atoms with van der Waals surface area (Å²) in [7, 11) is 0. The fourth-order valence-electron chi connectivity index (χ4n) is 3.68. The quantitative estimate of drug-likeness (QED) is 0.316. The van der Waals surface area contributed by atoms with Crippen LogP contribution in [0.4, 0.5) is 0 Å². The predicted octanol–water partition coefficient (Wildman–Crippen LogP) is 4.12. The molecule has 1 heterocycles. The largest absolute Gasteiger partial charge is 0.476 e. The van der Waals surface area contributed by atoms with E-state index in [2.05, 4.69) is 22.6 Å². The Bertz CT molecular complexity index is 1180. The maximum absolute atomic E-state index is 12.7. The van der Waals surface area contributed by atoms with E-state index in [-0.39, 0.29) is 5.69 Å². The van der Waals surface area contributed by atoms with E-state index in [4.69, 9.17) is 9.47 Å². The van der Waals surface area contributed by atoms with Crippen LogP contribution in [0.5, 0.6) is 5.75 Å². The molecule has 0 amide bonds. The lowest BCUT2D eigenvalue weighted by Gasteiger charge is -2.26. The Kier molecular flexibility index (Phi) is 8.19. The molecule has 0 atom stereocenters. The Balaban J connectivity index is 1.65. The highest BCUT2D eigenvalue weighted by molar-refractivity contribution is 7.98. The van der Waals surface area contributed by atoms with Gasteiger partial charge in [-0.05, 0) is 105 Å². The van der Waals surface area contributed by atoms with E-state index < -0.39 is 11.6 Å². The van der Waals surface area contributed by atoms with E-state index in [1.165, 1.54) is 9.36 Å². The molecular formula is C25H32N4O4S. The van der Waals surface area contributed by atoms with Crippen molar-refractivity contribution in [3.63, 3.8) is 0 Å². The molecule has 9 heteroatoms. The first kappa shape index (κ1) is 25.6. The number of benzene rings is 2. The van der Waals surface area contributed by atoms with Crippen molar-refractivity contribution in [1.82, 2.24) is 19.8 Å². The molecule has 0 saturated heterocycles. The molecule has 34 heavy (non-hydrogen) atoms. The Hall–Kier alpha value is -3.07. The van der Waals surface area contributed by atoms with Crippen LogP contribution in [0.25, 0.3) is 5.69 Å². The van der Waals surface area contributed by atoms with Gasteiger partial charge in [0.05, 0.1) is 12.3 Å². The van der Waals surface area contributed by atoms with Crippen LogP contribution in [0.15, 0.2) is 46.1 Å². The van der Waals surface area contributed by atoms with Crippen LogP contribution in [-0.4, -0.2) is 44.2 Å². The molecule has 0 aliphatic heterocycles. The molecule has 0 radical (unpaired) electrons. The maximum Gasteiger partial charge on any atom is 0.368 e. The number of esters is 1. The second-order valence-electron chi connectivity index (χ2n) is 8.59. The zero-order valence-corrected chi connectivity index (χ0v) is 21.4. The Morgan fingerprint density at radius 1 is 1.09 bits per heavy atom. The molecule has 2 aromatic carbocycles. The summed E-state index contributed by atoms with van der Waals surface area (Å²) < 4.78 is 13.9. The van der Waals surface area contributed by atoms with E-state index in [1.807, 2.05) is 44.4 Å². The smallest absolute Gasteiger partial charge is 0.368 e. The summed E-state index contributed by atoms with van der Waals surface area (Å²) in [6.45, 7) is 9.89. The molecule has 3 rings (SSSR count). The van der Waals surface area contributed by atoms with Gasteiger partial charge >= 0.3 is 11.7 Å². The van der Waals surface area contributed by atoms with Gasteiger partial charge in [-0.2, -0.15) is 9.36 Å². The third kappa shape index (κ3) is 5.88. The lowest BCUT2D eigenvalue weighted by molar-refractivity contribution is -0.158. The van der Waals surface area contributed by atoms with Gasteiger partial charge in [-0.15, -0.1) is 11.8 Å². The number of thioether (sulfide) groups is 1. The van der Waals surface area contributed by atoms with E-state index >= 15 is 0 Å². The summed E-state index contributed by atoms with van der Waals surface area (Å²) in [6, 6.07) is 11.7. The second-order valence-corrected chi connectivity index (χ2v) is 9.47. The summed E-state index contributed by atoms with van der Waals surface area (Å²) in [5.74, 6) is 0.296. The number of aryl methyl sites for hydroxylation is 4. The molecule has 0 fully saturated rings. The maximum atomic E-state index is 12.7. The minimum atomic E-state index is -1.07. The number of aromatic nitrogens is 4. The molecule has 0 N–H and O–H groups in total. The van der Waals surface area contributed by atoms with Crippen molar-refractivity contribution in [2.24, 2.45) is 0 Å². The van der Waals surface area contributed by atoms with E-state index in [0.717, 1.165) is 34.4 Å². The number of hydrogen-bond acceptors (Lipinski definition) is 7. The topological polar surface area (TPSA) is 88.2 Å². The van der Waals surface area contributed by atoms with Crippen LogP contribution >= 0.6 is 11.8 Å². The van der Waals surface area contributed by atoms with Gasteiger partial charge in [0.25, 0.3) is 0 Å². The monoisotopic (exact) mass is 484 g/mol. The summed E-state index contributed by atoms with van der Waals surface area (Å²) >= 11 is 1.64. The molecule has 1 aromatic heterocycles. The average molecular weight is 485 g/mol. The molecule has 0 bridgehead atoms. The van der Waals surface area contributed by atoms with Gasteiger partial charge < -0.3 is 9.47 Å². The normalized spacial score (nSPS) is 11.5. The van der Waals surface area contributed by atoms with Gasteiger partial charge in [0.15, 0.2) is 5.60 Å². The average Bonchev–Trinajstić information content (AvgIpc) is 3.17. The molecule has 3 aromatic rings. The van der Waals surface area contributed by atoms with Crippen molar-refractivity contribution < 1.29 is 14.3 Å². The van der Waals surface area contributed by atoms with Crippen molar-refractivity contribution >= 4 is 17.7 Å². The first-order chi connectivity index (χ1) is 16.2. The van der Waals surface area contributed by atoms with Crippen molar-refractivity contribution in [3.8, 4) is 11.4 Å². The van der Waals surface area contributed by atoms with Crippen molar-refractivity contribution in [3.05, 3.63) is 63.6 Å². The molecule has 0 saturated carbocycles. The van der Waals surface area contributed by atoms with Gasteiger partial charge in [-0.3, -0.25) is 0 Å². The minimum absolute atomic E-state index is 0.255. The summed E-state index contributed by atoms with van der Waals surface area (Å²) in [4.78, 5) is 26.0. The van der Waals surface area contributed by atoms with Gasteiger partial charge in [0, 0.05) is 11.4 Å². The molecule has 0 spiro atoms. The molecule has 0 unspecified atom stereocenters. The van der Waals surface area contributed by atoms with Crippen molar-refractivity contribution in [1.29, 1.82) is 0 Å². The number of rotatable bonds is 10. The number of ether oxygens (including phenoxy) is 2. The summed E-state index contributed by atoms with van der Waals surface area (Å²) in [6.07, 6.45) is 3.51. The predicted molar refractivity (Wildman–Crippen MR) is 133 cm³/mol. The zero-order chi connectivity index (χ0) is 24.9. The summed E-state index contributed by atoms with van der Waals surface area (Å²) in [5.41, 5.74) is 2.39. The van der Waals surface area contributed by atoms with E-state index in [1.54, 1.807) is 32.5 Å². The number of nitrogens with zero attached hydrogens (tertiary/aromatic N) is 4. The van der Waals surface area contributed by atoms with Gasteiger partial charge in [0.2, 0.25) is 0 Å². The molecule has 182 valence electrons. The van der Waals surface area contributed by atoms with Crippen LogP contribution in [0, 0.1) is 13.8 Å². The molecule has 0 aliphatic carbocycles. The molecule has 0 aliphatic rings. The van der Waals surface area contributed by atoms with Gasteiger partial charge in [0.1, 0.15) is 5.75 Å². The van der Waals surface area contributed by atoms with E-state index in [0.29, 0.717) is 24.6 Å². The van der Waals surface area contributed by atoms with Crippen LogP contribution in [0.2, 0.25) is 0 Å². The fourth-order valence-corrected chi connectivity index (χ4v) is 4.09. The van der Waals surface area contributed by atoms with E-state index in [9.17, 15) is 9.59 Å². The lowest BCUT2D eigenvalue weighted by atomic mass is 10.0. The lowest BCUT2D eigenvalue weighted by Crippen LogP contribution is -2.40. The third-order valence-electron chi connectivity index (χ3n) is 5.44. The minimum Gasteiger partial charge on any atom is -0.476 e. The van der Waals surface area contributed by atoms with Gasteiger partial charge in [-0.1, -0.05) is 12.1 Å². The fraction of sp³-hybridized carbons (Fsp3) is 0.440. The highest BCUT2D eigenvalue weighted by atomic mass is 32.2. The van der Waals surface area contributed by atoms with Crippen LogP contribution < -0.4 is 10.4 Å². The van der Waals surface area contributed by atoms with Gasteiger partial charge in [-0.25, -0.2) is 9.59 Å². The Labute approximate surface area is 204 Å². The third-order valence-corrected chi connectivity index (χ3v) is 6.18. The first-order valence-corrected chi connectivity index (χ1v) is 12.5. The number of hydrogen-bond donors (Lipinski definition) is 0. The summed E-state index contributed by atoms with van der Waals surface area (Å²) in [5, 5.41) is 8.06. The Morgan fingerprint density at radius 2 is 1.74 bits per heavy atom. The van der Waals surface area contributed by atoms with Crippen LogP contribution in [-0.2, 0) is 22.5 Å². The van der Waals surface area contributed by atoms with Crippen LogP contribution in [0.1, 0.15) is 43.9 Å². The van der Waals surface area contributed by atoms with Crippen molar-refractivity contribution in [2.45, 2.75) is 64.5 Å². The number of tetrazole rings is 1.